The van der Waals surface area contributed by atoms with E-state index in [-0.39, 0.29) is 10.6 Å². The van der Waals surface area contributed by atoms with Gasteiger partial charge >= 0.3 is 10.1 Å². The molecule has 0 saturated heterocycles. The molecule has 0 aliphatic carbocycles. The normalized spacial score (nSPS) is 11.2. The standard InChI is InChI=1S/C20H18BrNO3S/c1-15-5-11-20(12-6-15)26(23,24)25-19-9-7-18(8-10-19)22-14-16-3-2-4-17(21)13-16/h2-13,22H,14H2,1H3. The van der Waals surface area contributed by atoms with Gasteiger partial charge in [0.05, 0.1) is 0 Å². The van der Waals surface area contributed by atoms with E-state index >= 15 is 0 Å². The smallest absolute Gasteiger partial charge is 0.339 e. The van der Waals surface area contributed by atoms with Crippen molar-refractivity contribution in [1.82, 2.24) is 0 Å². The summed E-state index contributed by atoms with van der Waals surface area (Å²) in [6.45, 7) is 2.57. The summed E-state index contributed by atoms with van der Waals surface area (Å²) < 4.78 is 30.8. The molecule has 0 bridgehead atoms. The van der Waals surface area contributed by atoms with Crippen molar-refractivity contribution in [3.05, 3.63) is 88.4 Å². The number of hydrogen-bond acceptors (Lipinski definition) is 4. The van der Waals surface area contributed by atoms with E-state index in [4.69, 9.17) is 4.18 Å². The number of hydrogen-bond donors (Lipinski definition) is 1. The van der Waals surface area contributed by atoms with Crippen molar-refractivity contribution in [2.45, 2.75) is 18.4 Å². The number of rotatable bonds is 6. The minimum atomic E-state index is -3.83. The molecule has 1 N–H and O–H groups in total. The van der Waals surface area contributed by atoms with Crippen LogP contribution in [0, 0.1) is 6.92 Å². The number of aryl methyl sites for hydroxylation is 1. The lowest BCUT2D eigenvalue weighted by Gasteiger charge is -2.10. The van der Waals surface area contributed by atoms with E-state index in [1.165, 1.54) is 0 Å². The molecule has 0 aliphatic rings. The summed E-state index contributed by atoms with van der Waals surface area (Å²) in [5.41, 5.74) is 3.01. The lowest BCUT2D eigenvalue weighted by Crippen LogP contribution is -2.09. The molecule has 6 heteroatoms. The molecule has 4 nitrogen and oxygen atoms in total. The Kier molecular flexibility index (Phi) is 5.64. The average Bonchev–Trinajstić information content (AvgIpc) is 2.61. The maximum Gasteiger partial charge on any atom is 0.339 e. The highest BCUT2D eigenvalue weighted by Crippen LogP contribution is 2.22. The summed E-state index contributed by atoms with van der Waals surface area (Å²) in [5, 5.41) is 3.29. The third-order valence-corrected chi connectivity index (χ3v) is 5.51. The summed E-state index contributed by atoms with van der Waals surface area (Å²) in [7, 11) is -3.83. The molecule has 134 valence electrons. The maximum absolute atomic E-state index is 12.3. The van der Waals surface area contributed by atoms with Gasteiger partial charge in [-0.15, -0.1) is 0 Å². The molecule has 3 rings (SSSR count). The van der Waals surface area contributed by atoms with Crippen molar-refractivity contribution >= 4 is 31.7 Å². The summed E-state index contributed by atoms with van der Waals surface area (Å²) >= 11 is 3.45. The second-order valence-electron chi connectivity index (χ2n) is 5.86. The van der Waals surface area contributed by atoms with Crippen LogP contribution in [-0.4, -0.2) is 8.42 Å². The Morgan fingerprint density at radius 3 is 2.31 bits per heavy atom. The predicted octanol–water partition coefficient (Wildman–Crippen LogP) is 5.14. The lowest BCUT2D eigenvalue weighted by atomic mass is 10.2. The molecule has 0 radical (unpaired) electrons. The molecule has 0 aromatic heterocycles. The minimum Gasteiger partial charge on any atom is -0.381 e. The third kappa shape index (κ3) is 4.86. The van der Waals surface area contributed by atoms with E-state index in [1.54, 1.807) is 48.5 Å². The maximum atomic E-state index is 12.3. The largest absolute Gasteiger partial charge is 0.381 e. The number of benzene rings is 3. The molecule has 3 aromatic carbocycles. The molecular weight excluding hydrogens is 414 g/mol. The minimum absolute atomic E-state index is 0.139. The number of nitrogens with one attached hydrogen (secondary N) is 1. The Morgan fingerprint density at radius 2 is 1.65 bits per heavy atom. The van der Waals surface area contributed by atoms with Gasteiger partial charge in [0.1, 0.15) is 10.6 Å². The van der Waals surface area contributed by atoms with Gasteiger partial charge < -0.3 is 9.50 Å². The molecule has 0 atom stereocenters. The number of halogens is 1. The highest BCUT2D eigenvalue weighted by Gasteiger charge is 2.16. The van der Waals surface area contributed by atoms with Gasteiger partial charge in [-0.3, -0.25) is 0 Å². The van der Waals surface area contributed by atoms with Gasteiger partial charge in [-0.2, -0.15) is 8.42 Å². The Hall–Kier alpha value is -2.31. The second kappa shape index (κ2) is 7.93. The zero-order valence-corrected chi connectivity index (χ0v) is 16.5. The van der Waals surface area contributed by atoms with Gasteiger partial charge in [-0.05, 0) is 61.0 Å². The van der Waals surface area contributed by atoms with E-state index in [0.717, 1.165) is 21.3 Å². The topological polar surface area (TPSA) is 55.4 Å². The first kappa shape index (κ1) is 18.5. The van der Waals surface area contributed by atoms with Gasteiger partial charge in [-0.1, -0.05) is 45.8 Å². The van der Waals surface area contributed by atoms with Crippen molar-refractivity contribution in [2.75, 3.05) is 5.32 Å². The molecule has 0 heterocycles. The summed E-state index contributed by atoms with van der Waals surface area (Å²) in [6.07, 6.45) is 0. The Morgan fingerprint density at radius 1 is 0.962 bits per heavy atom. The molecule has 0 unspecified atom stereocenters. The molecule has 0 amide bonds. The molecular formula is C20H18BrNO3S. The average molecular weight is 432 g/mol. The summed E-state index contributed by atoms with van der Waals surface area (Å²) in [4.78, 5) is 0.139. The van der Waals surface area contributed by atoms with Crippen LogP contribution in [0.25, 0.3) is 0 Å². The fourth-order valence-electron chi connectivity index (χ4n) is 2.36. The van der Waals surface area contributed by atoms with Crippen LogP contribution in [0.3, 0.4) is 0 Å². The van der Waals surface area contributed by atoms with Crippen LogP contribution in [0.4, 0.5) is 5.69 Å². The fraction of sp³-hybridized carbons (Fsp3) is 0.100. The molecule has 3 aromatic rings. The van der Waals surface area contributed by atoms with Crippen molar-refractivity contribution < 1.29 is 12.6 Å². The highest BCUT2D eigenvalue weighted by atomic mass is 79.9. The Labute approximate surface area is 162 Å². The van der Waals surface area contributed by atoms with E-state index in [1.807, 2.05) is 31.2 Å². The van der Waals surface area contributed by atoms with Gasteiger partial charge in [0.25, 0.3) is 0 Å². The van der Waals surface area contributed by atoms with Crippen LogP contribution in [0.1, 0.15) is 11.1 Å². The first-order valence-corrected chi connectivity index (χ1v) is 10.2. The van der Waals surface area contributed by atoms with Crippen LogP contribution < -0.4 is 9.50 Å². The predicted molar refractivity (Wildman–Crippen MR) is 107 cm³/mol. The third-order valence-electron chi connectivity index (χ3n) is 3.76. The highest BCUT2D eigenvalue weighted by molar-refractivity contribution is 9.10. The van der Waals surface area contributed by atoms with E-state index < -0.39 is 10.1 Å². The van der Waals surface area contributed by atoms with Crippen LogP contribution in [-0.2, 0) is 16.7 Å². The Balaban J connectivity index is 1.64. The zero-order chi connectivity index (χ0) is 18.6. The molecule has 0 saturated carbocycles. The second-order valence-corrected chi connectivity index (χ2v) is 8.32. The molecule has 0 fully saturated rings. The van der Waals surface area contributed by atoms with E-state index in [9.17, 15) is 8.42 Å². The van der Waals surface area contributed by atoms with Crippen LogP contribution >= 0.6 is 15.9 Å². The van der Waals surface area contributed by atoms with Crippen molar-refractivity contribution in [1.29, 1.82) is 0 Å². The monoisotopic (exact) mass is 431 g/mol. The van der Waals surface area contributed by atoms with Crippen molar-refractivity contribution in [3.63, 3.8) is 0 Å². The van der Waals surface area contributed by atoms with Gasteiger partial charge in [0.2, 0.25) is 0 Å². The van der Waals surface area contributed by atoms with Gasteiger partial charge in [-0.25, -0.2) is 0 Å². The van der Waals surface area contributed by atoms with Gasteiger partial charge in [0, 0.05) is 16.7 Å². The van der Waals surface area contributed by atoms with Crippen LogP contribution in [0.2, 0.25) is 0 Å². The zero-order valence-electron chi connectivity index (χ0n) is 14.1. The summed E-state index contributed by atoms with van der Waals surface area (Å²) in [6, 6.07) is 21.4. The fourth-order valence-corrected chi connectivity index (χ4v) is 3.74. The molecule has 0 aliphatic heterocycles. The first-order chi connectivity index (χ1) is 12.4. The van der Waals surface area contributed by atoms with Crippen molar-refractivity contribution in [3.8, 4) is 5.75 Å². The van der Waals surface area contributed by atoms with Crippen molar-refractivity contribution in [2.24, 2.45) is 0 Å². The van der Waals surface area contributed by atoms with Gasteiger partial charge in [0.15, 0.2) is 0 Å². The van der Waals surface area contributed by atoms with Crippen LogP contribution in [0.15, 0.2) is 82.2 Å². The Bertz CT molecular complexity index is 984. The number of anilines is 1. The molecule has 0 spiro atoms. The summed E-state index contributed by atoms with van der Waals surface area (Å²) in [5.74, 6) is 0.276. The lowest BCUT2D eigenvalue weighted by molar-refractivity contribution is 0.486. The van der Waals surface area contributed by atoms with Crippen LogP contribution in [0.5, 0.6) is 5.75 Å². The van der Waals surface area contributed by atoms with E-state index in [2.05, 4.69) is 21.2 Å². The SMILES string of the molecule is Cc1ccc(S(=O)(=O)Oc2ccc(NCc3cccc(Br)c3)cc2)cc1. The first-order valence-electron chi connectivity index (χ1n) is 8.02. The van der Waals surface area contributed by atoms with E-state index in [0.29, 0.717) is 6.54 Å². The quantitative estimate of drug-likeness (QED) is 0.549. The molecule has 26 heavy (non-hydrogen) atoms.